The summed E-state index contributed by atoms with van der Waals surface area (Å²) >= 11 is 0. The molecular formula is C31H32F5N5O2. The number of benzene rings is 2. The molecule has 4 aliphatic rings. The average Bonchev–Trinajstić information content (AvgIpc) is 3.49. The van der Waals surface area contributed by atoms with Gasteiger partial charge in [-0.2, -0.15) is 13.2 Å². The van der Waals surface area contributed by atoms with Crippen molar-refractivity contribution >= 4 is 11.6 Å². The average molecular weight is 602 g/mol. The number of carbonyl (C=O) groups is 1. The minimum absolute atomic E-state index is 0.0235. The highest BCUT2D eigenvalue weighted by atomic mass is 19.4. The fourth-order valence-corrected chi connectivity index (χ4v) is 7.49. The first-order valence-electron chi connectivity index (χ1n) is 14.6. The molecule has 0 aliphatic carbocycles. The van der Waals surface area contributed by atoms with Crippen LogP contribution in [0.5, 0.6) is 0 Å². The molecule has 4 aliphatic heterocycles. The molecule has 228 valence electrons. The van der Waals surface area contributed by atoms with E-state index in [1.165, 1.54) is 21.9 Å². The maximum Gasteiger partial charge on any atom is 0.416 e. The molecule has 0 saturated carbocycles. The van der Waals surface area contributed by atoms with E-state index in [1.54, 1.807) is 37.4 Å². The summed E-state index contributed by atoms with van der Waals surface area (Å²) in [4.78, 5) is 15.0. The van der Waals surface area contributed by atoms with E-state index in [9.17, 15) is 22.4 Å². The summed E-state index contributed by atoms with van der Waals surface area (Å²) in [6, 6.07) is 9.55. The number of aryl methyl sites for hydroxylation is 1. The highest BCUT2D eigenvalue weighted by molar-refractivity contribution is 6.10. The molecule has 2 aromatic carbocycles. The van der Waals surface area contributed by atoms with Crippen molar-refractivity contribution in [2.45, 2.75) is 74.7 Å². The van der Waals surface area contributed by atoms with E-state index in [0.29, 0.717) is 48.9 Å². The van der Waals surface area contributed by atoms with Gasteiger partial charge in [0.2, 0.25) is 0 Å². The fourth-order valence-electron chi connectivity index (χ4n) is 7.49. The molecule has 12 heteroatoms. The van der Waals surface area contributed by atoms with Gasteiger partial charge in [-0.15, -0.1) is 10.2 Å². The molecule has 43 heavy (non-hydrogen) atoms. The van der Waals surface area contributed by atoms with Crippen molar-refractivity contribution < 1.29 is 31.5 Å². The van der Waals surface area contributed by atoms with E-state index in [1.807, 2.05) is 0 Å². The number of ether oxygens (including phenoxy) is 1. The Bertz CT molecular complexity index is 1540. The first-order valence-corrected chi connectivity index (χ1v) is 14.6. The van der Waals surface area contributed by atoms with Crippen LogP contribution in [0.25, 0.3) is 0 Å². The molecule has 5 heterocycles. The normalized spacial score (nSPS) is 27.1. The Kier molecular flexibility index (Phi) is 6.84. The SMILES string of the molecule is Cn1cnnc1[C@@H](F)C1(c2cccc(N3Cc4c(cc(CC5CC6CC(F)CC(C5)N6)cc4C(F)(F)F)C3=O)c2)COC1. The van der Waals surface area contributed by atoms with Crippen molar-refractivity contribution in [1.82, 2.24) is 20.1 Å². The third-order valence-corrected chi connectivity index (χ3v) is 9.63. The number of piperidine rings is 2. The summed E-state index contributed by atoms with van der Waals surface area (Å²) in [6.45, 7) is -0.0663. The highest BCUT2D eigenvalue weighted by Gasteiger charge is 2.51. The number of aromatic nitrogens is 3. The maximum absolute atomic E-state index is 15.9. The van der Waals surface area contributed by atoms with Gasteiger partial charge in [0, 0.05) is 30.4 Å². The fraction of sp³-hybridized carbons (Fsp3) is 0.516. The molecule has 1 N–H and O–H groups in total. The maximum atomic E-state index is 15.9. The molecule has 0 spiro atoms. The first kappa shape index (κ1) is 28.4. The van der Waals surface area contributed by atoms with Gasteiger partial charge in [-0.1, -0.05) is 12.1 Å². The minimum Gasteiger partial charge on any atom is -0.379 e. The number of fused-ring (bicyclic) bond motifs is 3. The lowest BCUT2D eigenvalue weighted by atomic mass is 9.74. The van der Waals surface area contributed by atoms with Gasteiger partial charge >= 0.3 is 6.18 Å². The van der Waals surface area contributed by atoms with Gasteiger partial charge in [0.25, 0.3) is 5.91 Å². The number of nitrogens with one attached hydrogen (secondary N) is 1. The third-order valence-electron chi connectivity index (χ3n) is 9.63. The van der Waals surface area contributed by atoms with Gasteiger partial charge in [-0.05, 0) is 79.0 Å². The van der Waals surface area contributed by atoms with Crippen LogP contribution in [0.15, 0.2) is 42.7 Å². The van der Waals surface area contributed by atoms with E-state index in [-0.39, 0.29) is 54.7 Å². The second-order valence-electron chi connectivity index (χ2n) is 12.6. The number of hydrogen-bond acceptors (Lipinski definition) is 5. The van der Waals surface area contributed by atoms with Gasteiger partial charge < -0.3 is 19.5 Å². The summed E-state index contributed by atoms with van der Waals surface area (Å²) in [5, 5.41) is 11.1. The van der Waals surface area contributed by atoms with Gasteiger partial charge in [-0.25, -0.2) is 8.78 Å². The molecule has 3 saturated heterocycles. The topological polar surface area (TPSA) is 72.3 Å². The molecule has 7 rings (SSSR count). The summed E-state index contributed by atoms with van der Waals surface area (Å²) in [5.74, 6) is -0.274. The van der Waals surface area contributed by atoms with Crippen molar-refractivity contribution in [3.05, 3.63) is 76.4 Å². The van der Waals surface area contributed by atoms with Crippen molar-refractivity contribution in [2.24, 2.45) is 13.0 Å². The molecule has 2 bridgehead atoms. The summed E-state index contributed by atoms with van der Waals surface area (Å²) < 4.78 is 79.9. The Morgan fingerprint density at radius 1 is 1.12 bits per heavy atom. The molecule has 7 nitrogen and oxygen atoms in total. The van der Waals surface area contributed by atoms with Crippen molar-refractivity contribution in [3.63, 3.8) is 0 Å². The summed E-state index contributed by atoms with van der Waals surface area (Å²) in [7, 11) is 1.65. The van der Waals surface area contributed by atoms with E-state index in [2.05, 4.69) is 15.5 Å². The number of halogens is 5. The number of alkyl halides is 5. The highest BCUT2D eigenvalue weighted by Crippen LogP contribution is 2.47. The van der Waals surface area contributed by atoms with Gasteiger partial charge in [0.15, 0.2) is 12.0 Å². The van der Waals surface area contributed by atoms with Gasteiger partial charge in [0.05, 0.1) is 30.7 Å². The van der Waals surface area contributed by atoms with Crippen molar-refractivity contribution in [3.8, 4) is 0 Å². The van der Waals surface area contributed by atoms with Crippen LogP contribution in [-0.2, 0) is 36.3 Å². The van der Waals surface area contributed by atoms with Crippen molar-refractivity contribution in [2.75, 3.05) is 18.1 Å². The number of nitrogens with zero attached hydrogens (tertiary/aromatic N) is 4. The molecule has 3 atom stereocenters. The number of amides is 1. The van der Waals surface area contributed by atoms with Gasteiger partial charge in [-0.3, -0.25) is 4.79 Å². The van der Waals surface area contributed by atoms with Crippen LogP contribution in [0.3, 0.4) is 0 Å². The Morgan fingerprint density at radius 2 is 1.86 bits per heavy atom. The largest absolute Gasteiger partial charge is 0.416 e. The zero-order valence-corrected chi connectivity index (χ0v) is 23.6. The lowest BCUT2D eigenvalue weighted by molar-refractivity contribution is -0.138. The number of rotatable bonds is 6. The van der Waals surface area contributed by atoms with Crippen molar-refractivity contribution in [1.29, 1.82) is 0 Å². The van der Waals surface area contributed by atoms with E-state index < -0.39 is 35.4 Å². The molecule has 3 aromatic rings. The number of carbonyl (C=O) groups excluding carboxylic acids is 1. The lowest BCUT2D eigenvalue weighted by Gasteiger charge is -2.43. The molecular weight excluding hydrogens is 569 g/mol. The second kappa shape index (κ2) is 10.4. The Balaban J connectivity index is 1.18. The van der Waals surface area contributed by atoms with Crippen LogP contribution in [0, 0.1) is 5.92 Å². The van der Waals surface area contributed by atoms with Crippen LogP contribution >= 0.6 is 0 Å². The summed E-state index contributed by atoms with van der Waals surface area (Å²) in [6.07, 6.45) is -2.99. The second-order valence-corrected chi connectivity index (χ2v) is 12.6. The molecule has 2 unspecified atom stereocenters. The minimum atomic E-state index is -4.64. The summed E-state index contributed by atoms with van der Waals surface area (Å²) in [5.41, 5.74) is -0.468. The Labute approximate surface area is 245 Å². The standard InChI is InChI=1S/C31H32F5N5O2/c1-40-16-37-39-28(40)27(33)30(14-43-15-30)19-3-2-4-23(10-19)41-13-25-24(29(41)42)8-18(9-26(25)31(34,35)36)5-17-6-21-11-20(32)12-22(7-17)38-21/h2-4,8-10,16-17,20-22,27,38H,5-7,11-15H2,1H3/t17?,20?,21?,22?,27-/m1/s1. The Hall–Kier alpha value is -3.38. The molecule has 1 aromatic heterocycles. The van der Waals surface area contributed by atoms with E-state index in [0.717, 1.165) is 0 Å². The van der Waals surface area contributed by atoms with Crippen LogP contribution in [0.4, 0.5) is 27.6 Å². The monoisotopic (exact) mass is 601 g/mol. The number of hydrogen-bond donors (Lipinski definition) is 1. The smallest absolute Gasteiger partial charge is 0.379 e. The van der Waals surface area contributed by atoms with Gasteiger partial charge in [0.1, 0.15) is 12.5 Å². The first-order chi connectivity index (χ1) is 20.5. The van der Waals surface area contributed by atoms with Crippen LogP contribution in [-0.4, -0.2) is 52.1 Å². The zero-order chi connectivity index (χ0) is 30.1. The third kappa shape index (κ3) is 4.92. The zero-order valence-electron chi connectivity index (χ0n) is 23.6. The number of anilines is 1. The van der Waals surface area contributed by atoms with E-state index >= 15 is 4.39 Å². The predicted octanol–water partition coefficient (Wildman–Crippen LogP) is 5.38. The van der Waals surface area contributed by atoms with Crippen LogP contribution < -0.4 is 10.2 Å². The van der Waals surface area contributed by atoms with Crippen LogP contribution in [0.2, 0.25) is 0 Å². The lowest BCUT2D eigenvalue weighted by Crippen LogP contribution is -2.52. The quantitative estimate of drug-likeness (QED) is 0.384. The predicted molar refractivity (Wildman–Crippen MR) is 147 cm³/mol. The molecule has 1 amide bonds. The van der Waals surface area contributed by atoms with E-state index in [4.69, 9.17) is 4.74 Å². The Morgan fingerprint density at radius 3 is 2.49 bits per heavy atom. The molecule has 3 fully saturated rings. The van der Waals surface area contributed by atoms with Crippen LogP contribution in [0.1, 0.15) is 70.3 Å². The molecule has 0 radical (unpaired) electrons.